The summed E-state index contributed by atoms with van der Waals surface area (Å²) in [6, 6.07) is 18.2. The van der Waals surface area contributed by atoms with Crippen molar-refractivity contribution in [2.45, 2.75) is 13.0 Å². The molecule has 1 fully saturated rings. The van der Waals surface area contributed by atoms with Crippen molar-refractivity contribution in [2.75, 3.05) is 20.2 Å². The maximum Gasteiger partial charge on any atom is 0.161 e. The highest BCUT2D eigenvalue weighted by Gasteiger charge is 2.21. The number of Topliss-reactive ketones (excluding diaryl/α,β-unsaturated/α-hetero) is 1. The molecule has 0 amide bonds. The van der Waals surface area contributed by atoms with Gasteiger partial charge in [0.15, 0.2) is 5.78 Å². The molecule has 3 rings (SSSR count). The van der Waals surface area contributed by atoms with Gasteiger partial charge in [-0.1, -0.05) is 48.5 Å². The lowest BCUT2D eigenvalue weighted by Crippen LogP contribution is -2.35. The number of hydrogen-bond acceptors (Lipinski definition) is 3. The summed E-state index contributed by atoms with van der Waals surface area (Å²) in [5.41, 5.74) is 3.09. The first-order valence-electron chi connectivity index (χ1n) is 7.89. The number of ketones is 1. The van der Waals surface area contributed by atoms with Crippen LogP contribution in [0.3, 0.4) is 0 Å². The van der Waals surface area contributed by atoms with E-state index in [1.165, 1.54) is 5.56 Å². The second-order valence-corrected chi connectivity index (χ2v) is 5.78. The van der Waals surface area contributed by atoms with Crippen molar-refractivity contribution < 1.29 is 9.53 Å². The fraction of sp³-hybridized carbons (Fsp3) is 0.250. The molecule has 1 heterocycles. The van der Waals surface area contributed by atoms with Crippen LogP contribution in [0.25, 0.3) is 6.08 Å². The minimum Gasteiger partial charge on any atom is -0.496 e. The molecule has 0 N–H and O–H groups in total. The fourth-order valence-corrected chi connectivity index (χ4v) is 2.90. The van der Waals surface area contributed by atoms with Gasteiger partial charge >= 0.3 is 0 Å². The van der Waals surface area contributed by atoms with Crippen LogP contribution in [0.1, 0.15) is 17.5 Å². The summed E-state index contributed by atoms with van der Waals surface area (Å²) in [6.45, 7) is 2.38. The molecule has 0 atom stereocenters. The van der Waals surface area contributed by atoms with E-state index in [4.69, 9.17) is 4.74 Å². The van der Waals surface area contributed by atoms with Gasteiger partial charge in [-0.3, -0.25) is 9.69 Å². The van der Waals surface area contributed by atoms with Gasteiger partial charge in [0, 0.05) is 37.2 Å². The van der Waals surface area contributed by atoms with E-state index in [2.05, 4.69) is 29.2 Å². The Labute approximate surface area is 137 Å². The number of para-hydroxylation sites is 1. The molecule has 0 unspecified atom stereocenters. The van der Waals surface area contributed by atoms with Crippen LogP contribution in [-0.4, -0.2) is 30.9 Å². The second-order valence-electron chi connectivity index (χ2n) is 5.78. The molecular weight excluding hydrogens is 286 g/mol. The quantitative estimate of drug-likeness (QED) is 0.809. The molecule has 1 aliphatic rings. The highest BCUT2D eigenvalue weighted by atomic mass is 16.5. The lowest BCUT2D eigenvalue weighted by Gasteiger charge is -2.28. The van der Waals surface area contributed by atoms with E-state index in [0.29, 0.717) is 13.0 Å². The Kier molecular flexibility index (Phi) is 4.89. The number of carbonyl (C=O) groups is 1. The molecule has 118 valence electrons. The van der Waals surface area contributed by atoms with Gasteiger partial charge in [0.05, 0.1) is 7.11 Å². The van der Waals surface area contributed by atoms with Crippen LogP contribution >= 0.6 is 0 Å². The summed E-state index contributed by atoms with van der Waals surface area (Å²) in [4.78, 5) is 14.6. The molecule has 23 heavy (non-hydrogen) atoms. The minimum atomic E-state index is 0.236. The average Bonchev–Trinajstić information content (AvgIpc) is 2.59. The maximum atomic E-state index is 12.3. The largest absolute Gasteiger partial charge is 0.496 e. The van der Waals surface area contributed by atoms with E-state index in [0.717, 1.165) is 30.0 Å². The smallest absolute Gasteiger partial charge is 0.161 e. The van der Waals surface area contributed by atoms with Gasteiger partial charge in [-0.05, 0) is 17.7 Å². The predicted molar refractivity (Wildman–Crippen MR) is 92.3 cm³/mol. The number of methoxy groups -OCH3 is 1. The van der Waals surface area contributed by atoms with Crippen LogP contribution < -0.4 is 4.74 Å². The number of carbonyl (C=O) groups excluding carboxylic acids is 1. The van der Waals surface area contributed by atoms with Gasteiger partial charge in [0.1, 0.15) is 5.75 Å². The van der Waals surface area contributed by atoms with Gasteiger partial charge < -0.3 is 4.74 Å². The Morgan fingerprint density at radius 1 is 1.09 bits per heavy atom. The van der Waals surface area contributed by atoms with Gasteiger partial charge in [0.2, 0.25) is 0 Å². The van der Waals surface area contributed by atoms with E-state index in [1.807, 2.05) is 36.4 Å². The molecule has 3 heteroatoms. The third kappa shape index (κ3) is 3.88. The Morgan fingerprint density at radius 2 is 1.83 bits per heavy atom. The van der Waals surface area contributed by atoms with Crippen LogP contribution in [0, 0.1) is 0 Å². The SMILES string of the molecule is COc1ccccc1/C=C1\CN(Cc2ccccc2)CCC1=O. The van der Waals surface area contributed by atoms with Gasteiger partial charge in [-0.25, -0.2) is 0 Å². The van der Waals surface area contributed by atoms with Crippen LogP contribution in [0.4, 0.5) is 0 Å². The molecule has 0 bridgehead atoms. The zero-order chi connectivity index (χ0) is 16.1. The first-order valence-corrected chi connectivity index (χ1v) is 7.89. The van der Waals surface area contributed by atoms with Gasteiger partial charge in [0.25, 0.3) is 0 Å². The third-order valence-corrected chi connectivity index (χ3v) is 4.12. The number of nitrogens with zero attached hydrogens (tertiary/aromatic N) is 1. The fourth-order valence-electron chi connectivity index (χ4n) is 2.90. The van der Waals surface area contributed by atoms with E-state index < -0.39 is 0 Å². The summed E-state index contributed by atoms with van der Waals surface area (Å²) in [7, 11) is 1.65. The molecule has 0 radical (unpaired) electrons. The summed E-state index contributed by atoms with van der Waals surface area (Å²) in [5.74, 6) is 1.04. The van der Waals surface area contributed by atoms with Gasteiger partial charge in [-0.2, -0.15) is 0 Å². The lowest BCUT2D eigenvalue weighted by molar-refractivity contribution is -0.117. The normalized spacial score (nSPS) is 17.4. The van der Waals surface area contributed by atoms with Gasteiger partial charge in [-0.15, -0.1) is 0 Å². The molecule has 3 nitrogen and oxygen atoms in total. The number of benzene rings is 2. The molecular formula is C20H21NO2. The lowest BCUT2D eigenvalue weighted by atomic mass is 9.99. The molecule has 0 aliphatic carbocycles. The monoisotopic (exact) mass is 307 g/mol. The van der Waals surface area contributed by atoms with Crippen molar-refractivity contribution in [1.82, 2.24) is 4.90 Å². The molecule has 2 aromatic rings. The average molecular weight is 307 g/mol. The minimum absolute atomic E-state index is 0.236. The molecule has 2 aromatic carbocycles. The van der Waals surface area contributed by atoms with Crippen LogP contribution in [0.15, 0.2) is 60.2 Å². The third-order valence-electron chi connectivity index (χ3n) is 4.12. The second kappa shape index (κ2) is 7.25. The van der Waals surface area contributed by atoms with Crippen LogP contribution in [0.2, 0.25) is 0 Å². The zero-order valence-corrected chi connectivity index (χ0v) is 13.4. The van der Waals surface area contributed by atoms with E-state index in [9.17, 15) is 4.79 Å². The Balaban J connectivity index is 1.78. The Hall–Kier alpha value is -2.39. The summed E-state index contributed by atoms with van der Waals surface area (Å²) >= 11 is 0. The summed E-state index contributed by atoms with van der Waals surface area (Å²) in [6.07, 6.45) is 2.55. The Morgan fingerprint density at radius 3 is 2.61 bits per heavy atom. The molecule has 1 aliphatic heterocycles. The predicted octanol–water partition coefficient (Wildman–Crippen LogP) is 3.55. The van der Waals surface area contributed by atoms with Crippen molar-refractivity contribution in [1.29, 1.82) is 0 Å². The number of rotatable bonds is 4. The number of likely N-dealkylation sites (tertiary alicyclic amines) is 1. The summed E-state index contributed by atoms with van der Waals surface area (Å²) in [5, 5.41) is 0. The van der Waals surface area contributed by atoms with Crippen molar-refractivity contribution in [3.63, 3.8) is 0 Å². The zero-order valence-electron chi connectivity index (χ0n) is 13.4. The van der Waals surface area contributed by atoms with Crippen LogP contribution in [0.5, 0.6) is 5.75 Å². The van der Waals surface area contributed by atoms with Crippen LogP contribution in [-0.2, 0) is 11.3 Å². The molecule has 0 saturated carbocycles. The standard InChI is InChI=1S/C20H21NO2/c1-23-20-10-6-5-9-17(20)13-18-15-21(12-11-19(18)22)14-16-7-3-2-4-8-16/h2-10,13H,11-12,14-15H2,1H3/b18-13+. The molecule has 1 saturated heterocycles. The number of piperidine rings is 1. The Bertz CT molecular complexity index is 707. The topological polar surface area (TPSA) is 29.5 Å². The first kappa shape index (κ1) is 15.5. The number of ether oxygens (including phenoxy) is 1. The highest BCUT2D eigenvalue weighted by Crippen LogP contribution is 2.23. The van der Waals surface area contributed by atoms with E-state index >= 15 is 0 Å². The molecule has 0 spiro atoms. The van der Waals surface area contributed by atoms with Crippen molar-refractivity contribution in [3.05, 3.63) is 71.3 Å². The molecule has 0 aromatic heterocycles. The first-order chi connectivity index (χ1) is 11.3. The maximum absolute atomic E-state index is 12.3. The summed E-state index contributed by atoms with van der Waals surface area (Å²) < 4.78 is 5.38. The van der Waals surface area contributed by atoms with E-state index in [-0.39, 0.29) is 5.78 Å². The number of hydrogen-bond donors (Lipinski definition) is 0. The van der Waals surface area contributed by atoms with Crippen molar-refractivity contribution in [2.24, 2.45) is 0 Å². The van der Waals surface area contributed by atoms with Crippen molar-refractivity contribution in [3.8, 4) is 5.75 Å². The van der Waals surface area contributed by atoms with E-state index in [1.54, 1.807) is 7.11 Å². The van der Waals surface area contributed by atoms with Crippen molar-refractivity contribution >= 4 is 11.9 Å². The highest BCUT2D eigenvalue weighted by molar-refractivity contribution is 6.01.